The largest absolute Gasteiger partial charge is 0.481 e. The van der Waals surface area contributed by atoms with Gasteiger partial charge >= 0.3 is 18.2 Å². The summed E-state index contributed by atoms with van der Waals surface area (Å²) in [5, 5.41) is 11.5. The summed E-state index contributed by atoms with van der Waals surface area (Å²) in [6.07, 6.45) is -0.751. The van der Waals surface area contributed by atoms with E-state index in [2.05, 4.69) is 5.32 Å². The van der Waals surface area contributed by atoms with Crippen molar-refractivity contribution in [1.82, 2.24) is 10.2 Å². The van der Waals surface area contributed by atoms with E-state index >= 15 is 0 Å². The van der Waals surface area contributed by atoms with Gasteiger partial charge in [-0.15, -0.1) is 0 Å². The number of aliphatic carboxylic acids is 1. The number of thioether (sulfide) groups is 1. The zero-order chi connectivity index (χ0) is 15.8. The van der Waals surface area contributed by atoms with E-state index < -0.39 is 43.1 Å². The van der Waals surface area contributed by atoms with Crippen LogP contribution >= 0.6 is 11.8 Å². The molecule has 0 spiro atoms. The summed E-state index contributed by atoms with van der Waals surface area (Å²) >= 11 is 1.63. The summed E-state index contributed by atoms with van der Waals surface area (Å²) in [7, 11) is 0. The Bertz CT molecular complexity index is 440. The molecule has 0 aromatic rings. The minimum absolute atomic E-state index is 0.00497. The number of hydrogen-bond acceptors (Lipinski definition) is 3. The lowest BCUT2D eigenvalue weighted by Crippen LogP contribution is -2.42. The molecule has 1 saturated heterocycles. The van der Waals surface area contributed by atoms with E-state index in [9.17, 15) is 22.8 Å². The zero-order valence-corrected chi connectivity index (χ0v) is 12.3. The van der Waals surface area contributed by atoms with Crippen molar-refractivity contribution >= 4 is 23.8 Å². The van der Waals surface area contributed by atoms with Gasteiger partial charge in [-0.05, 0) is 19.1 Å². The summed E-state index contributed by atoms with van der Waals surface area (Å²) in [5.41, 5.74) is 0. The molecule has 0 aromatic heterocycles. The number of rotatable bonds is 4. The van der Waals surface area contributed by atoms with Crippen molar-refractivity contribution in [3.05, 3.63) is 0 Å². The fourth-order valence-corrected chi connectivity index (χ4v) is 3.22. The maximum atomic E-state index is 12.8. The third-order valence-electron chi connectivity index (χ3n) is 4.15. The smallest absolute Gasteiger partial charge is 0.394 e. The third-order valence-corrected chi connectivity index (χ3v) is 5.57. The first kappa shape index (κ1) is 16.3. The number of halogens is 3. The number of urea groups is 1. The number of carboxylic acid groups (broad SMARTS) is 1. The Kier molecular flexibility index (Phi) is 4.32. The van der Waals surface area contributed by atoms with Gasteiger partial charge in [0.15, 0.2) is 0 Å². The highest BCUT2D eigenvalue weighted by atomic mass is 32.2. The number of alkyl halides is 3. The maximum absolute atomic E-state index is 12.8. The number of hydrogen-bond donors (Lipinski definition) is 2. The van der Waals surface area contributed by atoms with Gasteiger partial charge in [-0.1, -0.05) is 0 Å². The van der Waals surface area contributed by atoms with Gasteiger partial charge in [0.25, 0.3) is 0 Å². The first-order valence-electron chi connectivity index (χ1n) is 6.56. The van der Waals surface area contributed by atoms with Crippen molar-refractivity contribution in [1.29, 1.82) is 0 Å². The highest BCUT2D eigenvalue weighted by molar-refractivity contribution is 8.00. The second kappa shape index (κ2) is 5.58. The predicted octanol–water partition coefficient (Wildman–Crippen LogP) is 1.79. The summed E-state index contributed by atoms with van der Waals surface area (Å²) in [5.74, 6) is -5.11. The third kappa shape index (κ3) is 3.56. The van der Waals surface area contributed by atoms with Crippen LogP contribution in [0.15, 0.2) is 0 Å². The lowest BCUT2D eigenvalue weighted by molar-refractivity contribution is -0.187. The van der Waals surface area contributed by atoms with Crippen molar-refractivity contribution in [2.24, 2.45) is 11.8 Å². The highest BCUT2D eigenvalue weighted by Crippen LogP contribution is 2.46. The minimum atomic E-state index is -4.62. The van der Waals surface area contributed by atoms with Crippen LogP contribution in [0.5, 0.6) is 0 Å². The molecule has 2 atom stereocenters. The minimum Gasteiger partial charge on any atom is -0.481 e. The van der Waals surface area contributed by atoms with Gasteiger partial charge in [-0.2, -0.15) is 24.9 Å². The fourth-order valence-electron chi connectivity index (χ4n) is 2.49. The predicted molar refractivity (Wildman–Crippen MR) is 71.1 cm³/mol. The molecule has 21 heavy (non-hydrogen) atoms. The van der Waals surface area contributed by atoms with E-state index in [4.69, 9.17) is 5.11 Å². The molecule has 120 valence electrons. The van der Waals surface area contributed by atoms with Crippen LogP contribution in [-0.4, -0.2) is 58.8 Å². The summed E-state index contributed by atoms with van der Waals surface area (Å²) in [4.78, 5) is 23.8. The molecule has 2 aliphatic rings. The topological polar surface area (TPSA) is 69.6 Å². The number of likely N-dealkylation sites (tertiary alicyclic amines) is 1. The Labute approximate surface area is 124 Å². The van der Waals surface area contributed by atoms with Gasteiger partial charge < -0.3 is 15.3 Å². The lowest BCUT2D eigenvalue weighted by atomic mass is 9.96. The molecule has 1 aliphatic carbocycles. The van der Waals surface area contributed by atoms with E-state index in [0.717, 1.165) is 17.7 Å². The number of carbonyl (C=O) groups is 2. The molecule has 5 nitrogen and oxygen atoms in total. The number of nitrogens with one attached hydrogen (secondary N) is 1. The van der Waals surface area contributed by atoms with Crippen LogP contribution < -0.4 is 5.32 Å². The van der Waals surface area contributed by atoms with Crippen molar-refractivity contribution in [2.45, 2.75) is 23.8 Å². The van der Waals surface area contributed by atoms with Gasteiger partial charge in [0.2, 0.25) is 0 Å². The van der Waals surface area contributed by atoms with Crippen molar-refractivity contribution in [3.63, 3.8) is 0 Å². The van der Waals surface area contributed by atoms with E-state index in [1.807, 2.05) is 6.26 Å². The van der Waals surface area contributed by atoms with Gasteiger partial charge in [0.05, 0.1) is 11.8 Å². The molecule has 2 amide bonds. The van der Waals surface area contributed by atoms with Crippen LogP contribution in [0.4, 0.5) is 18.0 Å². The van der Waals surface area contributed by atoms with E-state index in [-0.39, 0.29) is 4.75 Å². The molecule has 1 heterocycles. The Hall–Kier alpha value is -1.12. The molecule has 0 unspecified atom stereocenters. The molecule has 2 rings (SSSR count). The van der Waals surface area contributed by atoms with E-state index in [0.29, 0.717) is 6.54 Å². The standard InChI is InChI=1S/C12H17F3N2O3S/c1-21-11(2-3-11)6-16-10(20)17-4-7(9(18)19)8(5-17)12(13,14)15/h7-8H,2-6H2,1H3,(H,16,20)(H,18,19)/t7-,8-/m1/s1. The van der Waals surface area contributed by atoms with Crippen molar-refractivity contribution < 1.29 is 27.9 Å². The molecule has 1 saturated carbocycles. The molecule has 0 radical (unpaired) electrons. The quantitative estimate of drug-likeness (QED) is 0.826. The van der Waals surface area contributed by atoms with E-state index in [1.54, 1.807) is 11.8 Å². The van der Waals surface area contributed by atoms with Crippen molar-refractivity contribution in [2.75, 3.05) is 25.9 Å². The van der Waals surface area contributed by atoms with Gasteiger partial charge in [-0.25, -0.2) is 4.79 Å². The molecule has 0 bridgehead atoms. The van der Waals surface area contributed by atoms with Crippen LogP contribution in [0.2, 0.25) is 0 Å². The average Bonchev–Trinajstić information content (AvgIpc) is 3.02. The van der Waals surface area contributed by atoms with Crippen LogP contribution in [0.1, 0.15) is 12.8 Å². The summed E-state index contributed by atoms with van der Waals surface area (Å²) in [6.45, 7) is -0.603. The second-order valence-electron chi connectivity index (χ2n) is 5.54. The van der Waals surface area contributed by atoms with Crippen LogP contribution in [0.3, 0.4) is 0 Å². The second-order valence-corrected chi connectivity index (χ2v) is 6.82. The molecule has 9 heteroatoms. The number of amides is 2. The highest BCUT2D eigenvalue weighted by Gasteiger charge is 2.53. The molecule has 1 aliphatic heterocycles. The van der Waals surface area contributed by atoms with Gasteiger partial charge in [0.1, 0.15) is 0 Å². The van der Waals surface area contributed by atoms with Crippen LogP contribution in [0.25, 0.3) is 0 Å². The average molecular weight is 326 g/mol. The monoisotopic (exact) mass is 326 g/mol. The number of carboxylic acids is 1. The van der Waals surface area contributed by atoms with Gasteiger partial charge in [0, 0.05) is 24.4 Å². The fraction of sp³-hybridized carbons (Fsp3) is 0.833. The SMILES string of the molecule is CSC1(CNC(=O)N2C[C@@H](C(F)(F)F)[C@H](C(=O)O)C2)CC1. The first-order valence-corrected chi connectivity index (χ1v) is 7.78. The van der Waals surface area contributed by atoms with Crippen LogP contribution in [-0.2, 0) is 4.79 Å². The summed E-state index contributed by atoms with van der Waals surface area (Å²) < 4.78 is 38.5. The Morgan fingerprint density at radius 3 is 2.38 bits per heavy atom. The molecular weight excluding hydrogens is 309 g/mol. The Morgan fingerprint density at radius 2 is 2.00 bits per heavy atom. The molecule has 2 fully saturated rings. The molecule has 0 aromatic carbocycles. The normalized spacial score (nSPS) is 27.5. The first-order chi connectivity index (χ1) is 9.68. The maximum Gasteiger partial charge on any atom is 0.394 e. The Balaban J connectivity index is 1.95. The summed E-state index contributed by atoms with van der Waals surface area (Å²) in [6, 6.07) is -0.617. The van der Waals surface area contributed by atoms with E-state index in [1.165, 1.54) is 0 Å². The lowest BCUT2D eigenvalue weighted by Gasteiger charge is -2.20. The number of nitrogens with zero attached hydrogens (tertiary/aromatic N) is 1. The van der Waals surface area contributed by atoms with Crippen LogP contribution in [0, 0.1) is 11.8 Å². The molecule has 2 N–H and O–H groups in total. The Morgan fingerprint density at radius 1 is 1.38 bits per heavy atom. The zero-order valence-electron chi connectivity index (χ0n) is 11.4. The van der Waals surface area contributed by atoms with Gasteiger partial charge in [-0.3, -0.25) is 4.79 Å². The molecular formula is C12H17F3N2O3S. The van der Waals surface area contributed by atoms with Crippen molar-refractivity contribution in [3.8, 4) is 0 Å². The number of carbonyl (C=O) groups excluding carboxylic acids is 1.